The van der Waals surface area contributed by atoms with Crippen molar-refractivity contribution in [1.82, 2.24) is 20.2 Å². The van der Waals surface area contributed by atoms with Crippen molar-refractivity contribution in [3.05, 3.63) is 23.8 Å². The number of aliphatic hydroxyl groups is 1. The fourth-order valence-corrected chi connectivity index (χ4v) is 2.14. The fraction of sp³-hybridized carbons (Fsp3) is 0.500. The lowest BCUT2D eigenvalue weighted by atomic mass is 10.2. The first-order valence-electron chi connectivity index (χ1n) is 6.21. The maximum atomic E-state index is 12.0. The Morgan fingerprint density at radius 1 is 1.55 bits per heavy atom. The van der Waals surface area contributed by atoms with Crippen LogP contribution in [0.5, 0.6) is 0 Å². The molecule has 1 aromatic rings. The zero-order valence-electron chi connectivity index (χ0n) is 11.0. The Balaban J connectivity index is 1.96. The average Bonchev–Trinajstić information content (AvgIpc) is 2.78. The number of aryl methyl sites for hydroxylation is 1. The van der Waals surface area contributed by atoms with Gasteiger partial charge in [0.25, 0.3) is 0 Å². The number of aliphatic carboxylic acids is 1. The molecule has 1 aromatic heterocycles. The van der Waals surface area contributed by atoms with Crippen molar-refractivity contribution in [2.45, 2.75) is 32.0 Å². The molecule has 3 N–H and O–H groups in total. The van der Waals surface area contributed by atoms with Crippen LogP contribution in [-0.2, 0) is 11.3 Å². The van der Waals surface area contributed by atoms with E-state index in [-0.39, 0.29) is 19.5 Å². The van der Waals surface area contributed by atoms with Crippen LogP contribution in [0, 0.1) is 6.92 Å². The van der Waals surface area contributed by atoms with Crippen molar-refractivity contribution in [3.8, 4) is 0 Å². The predicted octanol–water partition coefficient (Wildman–Crippen LogP) is -0.486. The third-order valence-electron chi connectivity index (χ3n) is 3.08. The second kappa shape index (κ2) is 5.83. The summed E-state index contributed by atoms with van der Waals surface area (Å²) in [5, 5.41) is 21.1. The summed E-state index contributed by atoms with van der Waals surface area (Å²) in [5.74, 6) is -0.522. The number of carboxylic acids is 1. The smallest absolute Gasteiger partial charge is 0.326 e. The highest BCUT2D eigenvalue weighted by atomic mass is 16.4. The fourth-order valence-electron chi connectivity index (χ4n) is 2.14. The molecule has 2 heterocycles. The normalized spacial score (nSPS) is 21.8. The molecule has 0 aromatic carbocycles. The molecular weight excluding hydrogens is 264 g/mol. The van der Waals surface area contributed by atoms with Crippen LogP contribution in [0.15, 0.2) is 12.3 Å². The van der Waals surface area contributed by atoms with E-state index in [1.807, 2.05) is 0 Å². The van der Waals surface area contributed by atoms with Crippen molar-refractivity contribution in [2.24, 2.45) is 0 Å². The second-order valence-corrected chi connectivity index (χ2v) is 4.65. The first-order chi connectivity index (χ1) is 9.47. The number of likely N-dealkylation sites (tertiary alicyclic amines) is 1. The minimum Gasteiger partial charge on any atom is -0.480 e. The predicted molar refractivity (Wildman–Crippen MR) is 67.8 cm³/mol. The number of aliphatic hydroxyl groups excluding tert-OH is 1. The van der Waals surface area contributed by atoms with Gasteiger partial charge in [-0.2, -0.15) is 0 Å². The van der Waals surface area contributed by atoms with Gasteiger partial charge in [0.15, 0.2) is 0 Å². The standard InChI is InChI=1S/C12H16N4O4/c1-7-13-3-2-8(15-7)5-14-12(20)16-6-9(17)4-10(16)11(18)19/h2-3,9-10,17H,4-6H2,1H3,(H,14,20)(H,18,19). The molecule has 0 spiro atoms. The van der Waals surface area contributed by atoms with Crippen LogP contribution in [0.25, 0.3) is 0 Å². The summed E-state index contributed by atoms with van der Waals surface area (Å²) in [4.78, 5) is 32.2. The number of urea groups is 1. The summed E-state index contributed by atoms with van der Waals surface area (Å²) >= 11 is 0. The SMILES string of the molecule is Cc1nccc(CNC(=O)N2CC(O)CC2C(=O)O)n1. The summed E-state index contributed by atoms with van der Waals surface area (Å²) in [6, 6.07) is 0.156. The van der Waals surface area contributed by atoms with Gasteiger partial charge in [-0.25, -0.2) is 19.6 Å². The van der Waals surface area contributed by atoms with Crippen LogP contribution in [0.1, 0.15) is 17.9 Å². The van der Waals surface area contributed by atoms with Gasteiger partial charge in [0.2, 0.25) is 0 Å². The van der Waals surface area contributed by atoms with Crippen molar-refractivity contribution in [2.75, 3.05) is 6.54 Å². The number of amides is 2. The van der Waals surface area contributed by atoms with E-state index in [0.29, 0.717) is 11.5 Å². The molecule has 1 saturated heterocycles. The van der Waals surface area contributed by atoms with Gasteiger partial charge in [-0.05, 0) is 13.0 Å². The molecule has 2 rings (SSSR count). The molecule has 2 atom stereocenters. The molecule has 1 aliphatic heterocycles. The van der Waals surface area contributed by atoms with Gasteiger partial charge in [-0.15, -0.1) is 0 Å². The summed E-state index contributed by atoms with van der Waals surface area (Å²) < 4.78 is 0. The van der Waals surface area contributed by atoms with Crippen LogP contribution < -0.4 is 5.32 Å². The summed E-state index contributed by atoms with van der Waals surface area (Å²) in [7, 11) is 0. The third kappa shape index (κ3) is 3.21. The molecule has 2 amide bonds. The molecule has 0 aliphatic carbocycles. The van der Waals surface area contributed by atoms with E-state index in [1.54, 1.807) is 19.2 Å². The lowest BCUT2D eigenvalue weighted by Gasteiger charge is -2.21. The number of rotatable bonds is 3. The number of nitrogens with zero attached hydrogens (tertiary/aromatic N) is 3. The van der Waals surface area contributed by atoms with Crippen molar-refractivity contribution in [3.63, 3.8) is 0 Å². The molecule has 0 bridgehead atoms. The minimum atomic E-state index is -1.12. The monoisotopic (exact) mass is 280 g/mol. The highest BCUT2D eigenvalue weighted by molar-refractivity contribution is 5.83. The molecule has 8 nitrogen and oxygen atoms in total. The Morgan fingerprint density at radius 3 is 2.95 bits per heavy atom. The first kappa shape index (κ1) is 14.2. The number of aromatic nitrogens is 2. The average molecular weight is 280 g/mol. The van der Waals surface area contributed by atoms with Crippen molar-refractivity contribution < 1.29 is 19.8 Å². The Labute approximate surface area is 115 Å². The van der Waals surface area contributed by atoms with Gasteiger partial charge < -0.3 is 20.4 Å². The van der Waals surface area contributed by atoms with E-state index in [1.165, 1.54) is 0 Å². The zero-order valence-corrected chi connectivity index (χ0v) is 11.0. The largest absolute Gasteiger partial charge is 0.480 e. The number of hydrogen-bond donors (Lipinski definition) is 3. The molecule has 8 heteroatoms. The van der Waals surface area contributed by atoms with Gasteiger partial charge in [-0.3, -0.25) is 0 Å². The molecule has 1 aliphatic rings. The molecular formula is C12H16N4O4. The first-order valence-corrected chi connectivity index (χ1v) is 6.21. The Bertz CT molecular complexity index is 522. The number of nitrogens with one attached hydrogen (secondary N) is 1. The third-order valence-corrected chi connectivity index (χ3v) is 3.08. The maximum Gasteiger partial charge on any atom is 0.326 e. The number of β-amino-alcohol motifs (C(OH)–C–C–N with tert-alkyl or cyclic N) is 1. The van der Waals surface area contributed by atoms with E-state index >= 15 is 0 Å². The van der Waals surface area contributed by atoms with E-state index in [0.717, 1.165) is 4.90 Å². The maximum absolute atomic E-state index is 12.0. The lowest BCUT2D eigenvalue weighted by molar-refractivity contribution is -0.141. The van der Waals surface area contributed by atoms with Crippen LogP contribution in [0.2, 0.25) is 0 Å². The van der Waals surface area contributed by atoms with E-state index in [2.05, 4.69) is 15.3 Å². The molecule has 0 radical (unpaired) electrons. The number of hydrogen-bond acceptors (Lipinski definition) is 5. The summed E-state index contributed by atoms with van der Waals surface area (Å²) in [6.45, 7) is 1.94. The zero-order chi connectivity index (χ0) is 14.7. The minimum absolute atomic E-state index is 0.0194. The topological polar surface area (TPSA) is 116 Å². The van der Waals surface area contributed by atoms with E-state index < -0.39 is 24.1 Å². The van der Waals surface area contributed by atoms with Gasteiger partial charge in [0, 0.05) is 19.2 Å². The quantitative estimate of drug-likeness (QED) is 0.688. The molecule has 1 fully saturated rings. The van der Waals surface area contributed by atoms with Crippen LogP contribution in [0.4, 0.5) is 4.79 Å². The van der Waals surface area contributed by atoms with Gasteiger partial charge in [-0.1, -0.05) is 0 Å². The summed E-state index contributed by atoms with van der Waals surface area (Å²) in [5.41, 5.74) is 0.637. The molecule has 2 unspecified atom stereocenters. The number of carbonyl (C=O) groups is 2. The Morgan fingerprint density at radius 2 is 2.30 bits per heavy atom. The van der Waals surface area contributed by atoms with E-state index in [4.69, 9.17) is 5.11 Å². The number of carboxylic acid groups (broad SMARTS) is 1. The molecule has 0 saturated carbocycles. The van der Waals surface area contributed by atoms with Crippen LogP contribution in [-0.4, -0.2) is 55.8 Å². The van der Waals surface area contributed by atoms with E-state index in [9.17, 15) is 14.7 Å². The molecule has 20 heavy (non-hydrogen) atoms. The van der Waals surface area contributed by atoms with Gasteiger partial charge >= 0.3 is 12.0 Å². The highest BCUT2D eigenvalue weighted by Gasteiger charge is 2.38. The Kier molecular flexibility index (Phi) is 4.14. The van der Waals surface area contributed by atoms with Crippen molar-refractivity contribution >= 4 is 12.0 Å². The van der Waals surface area contributed by atoms with Gasteiger partial charge in [0.05, 0.1) is 18.3 Å². The summed E-state index contributed by atoms with van der Waals surface area (Å²) in [6.07, 6.45) is 0.835. The lowest BCUT2D eigenvalue weighted by Crippen LogP contribution is -2.46. The Hall–Kier alpha value is -2.22. The van der Waals surface area contributed by atoms with Crippen LogP contribution >= 0.6 is 0 Å². The van der Waals surface area contributed by atoms with Crippen LogP contribution in [0.3, 0.4) is 0 Å². The van der Waals surface area contributed by atoms with Gasteiger partial charge in [0.1, 0.15) is 11.9 Å². The molecule has 108 valence electrons. The number of carbonyl (C=O) groups excluding carboxylic acids is 1. The highest BCUT2D eigenvalue weighted by Crippen LogP contribution is 2.18. The second-order valence-electron chi connectivity index (χ2n) is 4.65. The van der Waals surface area contributed by atoms with Crippen molar-refractivity contribution in [1.29, 1.82) is 0 Å².